The van der Waals surface area contributed by atoms with E-state index in [1.54, 1.807) is 0 Å². The molecule has 2 aliphatic heterocycles. The molecule has 0 bridgehead atoms. The Labute approximate surface area is 128 Å². The molecule has 1 saturated heterocycles. The van der Waals surface area contributed by atoms with Crippen molar-refractivity contribution in [1.29, 1.82) is 0 Å². The number of ether oxygens (including phenoxy) is 1. The molecule has 1 unspecified atom stereocenters. The lowest BCUT2D eigenvalue weighted by atomic mass is 9.98. The van der Waals surface area contributed by atoms with Crippen molar-refractivity contribution in [3.05, 3.63) is 29.3 Å². The molecule has 0 aliphatic carbocycles. The molecule has 3 heteroatoms. The Morgan fingerprint density at radius 2 is 2.33 bits per heavy atom. The molecule has 0 amide bonds. The Bertz CT molecular complexity index is 455. The van der Waals surface area contributed by atoms with Crippen molar-refractivity contribution in [2.75, 3.05) is 32.8 Å². The summed E-state index contributed by atoms with van der Waals surface area (Å²) in [5.74, 6) is 1.92. The van der Waals surface area contributed by atoms with Gasteiger partial charge in [-0.1, -0.05) is 19.1 Å². The van der Waals surface area contributed by atoms with Crippen molar-refractivity contribution in [3.63, 3.8) is 0 Å². The maximum Gasteiger partial charge on any atom is 0.122 e. The van der Waals surface area contributed by atoms with Gasteiger partial charge in [0.1, 0.15) is 5.75 Å². The highest BCUT2D eigenvalue weighted by Crippen LogP contribution is 2.26. The van der Waals surface area contributed by atoms with Gasteiger partial charge in [-0.25, -0.2) is 0 Å². The number of hydrogen-bond donors (Lipinski definition) is 1. The molecule has 2 heterocycles. The quantitative estimate of drug-likeness (QED) is 0.871. The van der Waals surface area contributed by atoms with Crippen LogP contribution in [0.4, 0.5) is 0 Å². The third-order valence-electron chi connectivity index (χ3n) is 4.62. The minimum absolute atomic E-state index is 0.822. The summed E-state index contributed by atoms with van der Waals surface area (Å²) in [6.45, 7) is 9.04. The van der Waals surface area contributed by atoms with Crippen molar-refractivity contribution in [2.45, 2.75) is 39.2 Å². The van der Waals surface area contributed by atoms with Gasteiger partial charge in [0.2, 0.25) is 0 Å². The highest BCUT2D eigenvalue weighted by Gasteiger charge is 2.18. The zero-order valence-corrected chi connectivity index (χ0v) is 13.2. The molecular formula is C18H28N2O. The number of benzene rings is 1. The van der Waals surface area contributed by atoms with Crippen LogP contribution in [0.15, 0.2) is 18.2 Å². The Kier molecular flexibility index (Phi) is 5.15. The lowest BCUT2D eigenvalue weighted by molar-refractivity contribution is 0.201. The Hall–Kier alpha value is -1.06. The lowest BCUT2D eigenvalue weighted by Crippen LogP contribution is -2.38. The number of nitrogens with one attached hydrogen (secondary N) is 1. The Balaban J connectivity index is 1.61. The minimum Gasteiger partial charge on any atom is -0.493 e. The van der Waals surface area contributed by atoms with Crippen LogP contribution in [-0.4, -0.2) is 37.7 Å². The summed E-state index contributed by atoms with van der Waals surface area (Å²) >= 11 is 0. The van der Waals surface area contributed by atoms with Gasteiger partial charge in [-0.15, -0.1) is 0 Å². The molecule has 1 atom stereocenters. The molecule has 1 aromatic rings. The van der Waals surface area contributed by atoms with Crippen LogP contribution >= 0.6 is 0 Å². The summed E-state index contributed by atoms with van der Waals surface area (Å²) in [7, 11) is 0. The maximum absolute atomic E-state index is 5.61. The fourth-order valence-electron chi connectivity index (χ4n) is 3.59. The maximum atomic E-state index is 5.61. The summed E-state index contributed by atoms with van der Waals surface area (Å²) in [5.41, 5.74) is 2.83. The van der Waals surface area contributed by atoms with Crippen molar-refractivity contribution in [2.24, 2.45) is 5.92 Å². The number of piperidine rings is 1. The summed E-state index contributed by atoms with van der Waals surface area (Å²) < 4.78 is 5.61. The van der Waals surface area contributed by atoms with Crippen molar-refractivity contribution < 1.29 is 4.74 Å². The molecule has 21 heavy (non-hydrogen) atoms. The van der Waals surface area contributed by atoms with Gasteiger partial charge in [0.15, 0.2) is 0 Å². The first-order valence-corrected chi connectivity index (χ1v) is 8.53. The molecule has 3 rings (SSSR count). The first-order chi connectivity index (χ1) is 10.3. The predicted octanol–water partition coefficient (Wildman–Crippen LogP) is 2.83. The summed E-state index contributed by atoms with van der Waals surface area (Å²) in [4.78, 5) is 2.63. The van der Waals surface area contributed by atoms with E-state index >= 15 is 0 Å². The Morgan fingerprint density at radius 3 is 3.14 bits per heavy atom. The second kappa shape index (κ2) is 7.28. The van der Waals surface area contributed by atoms with Crippen molar-refractivity contribution in [1.82, 2.24) is 10.2 Å². The monoisotopic (exact) mass is 288 g/mol. The average molecular weight is 288 g/mol. The SMILES string of the molecule is CCCN(Cc1ccc2c(c1)CCO2)CC1CCCNC1. The van der Waals surface area contributed by atoms with Gasteiger partial charge < -0.3 is 10.1 Å². The third kappa shape index (κ3) is 3.98. The average Bonchev–Trinajstić information content (AvgIpc) is 2.96. The van der Waals surface area contributed by atoms with Crippen LogP contribution in [0.25, 0.3) is 0 Å². The van der Waals surface area contributed by atoms with Crippen LogP contribution in [-0.2, 0) is 13.0 Å². The van der Waals surface area contributed by atoms with E-state index in [-0.39, 0.29) is 0 Å². The van der Waals surface area contributed by atoms with Gasteiger partial charge in [-0.2, -0.15) is 0 Å². The largest absolute Gasteiger partial charge is 0.493 e. The van der Waals surface area contributed by atoms with E-state index in [1.165, 1.54) is 56.6 Å². The first-order valence-electron chi connectivity index (χ1n) is 8.53. The standard InChI is InChI=1S/C18H28N2O/c1-2-9-20(14-16-4-3-8-19-12-16)13-15-5-6-18-17(11-15)7-10-21-18/h5-6,11,16,19H,2-4,7-10,12-14H2,1H3. The summed E-state index contributed by atoms with van der Waals surface area (Å²) in [6.07, 6.45) is 5.02. The fraction of sp³-hybridized carbons (Fsp3) is 0.667. The molecule has 0 saturated carbocycles. The van der Waals surface area contributed by atoms with Crippen LogP contribution in [0.1, 0.15) is 37.3 Å². The fourth-order valence-corrected chi connectivity index (χ4v) is 3.59. The van der Waals surface area contributed by atoms with Crippen molar-refractivity contribution in [3.8, 4) is 5.75 Å². The van der Waals surface area contributed by atoms with Gasteiger partial charge in [-0.3, -0.25) is 4.90 Å². The Morgan fingerprint density at radius 1 is 1.38 bits per heavy atom. The molecule has 3 nitrogen and oxygen atoms in total. The van der Waals surface area contributed by atoms with E-state index in [1.807, 2.05) is 0 Å². The molecule has 0 spiro atoms. The first kappa shape index (κ1) is 14.9. The second-order valence-electron chi connectivity index (χ2n) is 6.49. The van der Waals surface area contributed by atoms with E-state index < -0.39 is 0 Å². The number of rotatable bonds is 6. The smallest absolute Gasteiger partial charge is 0.122 e. The highest BCUT2D eigenvalue weighted by molar-refractivity contribution is 5.39. The van der Waals surface area contributed by atoms with E-state index in [4.69, 9.17) is 4.74 Å². The zero-order chi connectivity index (χ0) is 14.5. The van der Waals surface area contributed by atoms with E-state index in [0.29, 0.717) is 0 Å². The van der Waals surface area contributed by atoms with Gasteiger partial charge in [0, 0.05) is 19.5 Å². The number of nitrogens with zero attached hydrogens (tertiary/aromatic N) is 1. The normalized spacial score (nSPS) is 21.3. The molecule has 1 N–H and O–H groups in total. The number of hydrogen-bond acceptors (Lipinski definition) is 3. The van der Waals surface area contributed by atoms with Crippen LogP contribution in [0, 0.1) is 5.92 Å². The topological polar surface area (TPSA) is 24.5 Å². The van der Waals surface area contributed by atoms with Gasteiger partial charge in [0.25, 0.3) is 0 Å². The molecule has 2 aliphatic rings. The molecule has 116 valence electrons. The molecule has 0 radical (unpaired) electrons. The lowest BCUT2D eigenvalue weighted by Gasteiger charge is -2.30. The number of fused-ring (bicyclic) bond motifs is 1. The predicted molar refractivity (Wildman–Crippen MR) is 86.8 cm³/mol. The van der Waals surface area contributed by atoms with Gasteiger partial charge >= 0.3 is 0 Å². The van der Waals surface area contributed by atoms with Crippen LogP contribution in [0.3, 0.4) is 0 Å². The summed E-state index contributed by atoms with van der Waals surface area (Å²) in [6, 6.07) is 6.75. The third-order valence-corrected chi connectivity index (χ3v) is 4.62. The zero-order valence-electron chi connectivity index (χ0n) is 13.2. The van der Waals surface area contributed by atoms with Crippen LogP contribution in [0.5, 0.6) is 5.75 Å². The van der Waals surface area contributed by atoms with Crippen LogP contribution < -0.4 is 10.1 Å². The minimum atomic E-state index is 0.822. The molecule has 1 fully saturated rings. The highest BCUT2D eigenvalue weighted by atomic mass is 16.5. The van der Waals surface area contributed by atoms with Gasteiger partial charge in [-0.05, 0) is 62.0 Å². The van der Waals surface area contributed by atoms with E-state index in [0.717, 1.165) is 31.2 Å². The van der Waals surface area contributed by atoms with E-state index in [2.05, 4.69) is 35.3 Å². The van der Waals surface area contributed by atoms with Gasteiger partial charge in [0.05, 0.1) is 6.61 Å². The summed E-state index contributed by atoms with van der Waals surface area (Å²) in [5, 5.41) is 3.54. The van der Waals surface area contributed by atoms with E-state index in [9.17, 15) is 0 Å². The molecule has 0 aromatic heterocycles. The van der Waals surface area contributed by atoms with Crippen LogP contribution in [0.2, 0.25) is 0 Å². The molecule has 1 aromatic carbocycles. The second-order valence-corrected chi connectivity index (χ2v) is 6.49. The van der Waals surface area contributed by atoms with Crippen molar-refractivity contribution >= 4 is 0 Å². The molecular weight excluding hydrogens is 260 g/mol.